The van der Waals surface area contributed by atoms with Gasteiger partial charge in [0.1, 0.15) is 5.82 Å². The van der Waals surface area contributed by atoms with Crippen molar-refractivity contribution in [2.45, 2.75) is 19.3 Å². The lowest BCUT2D eigenvalue weighted by atomic mass is 9.97. The Balaban J connectivity index is 1.35. The molecule has 0 unspecified atom stereocenters. The van der Waals surface area contributed by atoms with Gasteiger partial charge in [0.05, 0.1) is 11.4 Å². The highest BCUT2D eigenvalue weighted by Gasteiger charge is 2.26. The third-order valence-corrected chi connectivity index (χ3v) is 6.15. The second-order valence-corrected chi connectivity index (χ2v) is 8.43. The van der Waals surface area contributed by atoms with Crippen molar-refractivity contribution in [3.8, 4) is 11.5 Å². The summed E-state index contributed by atoms with van der Waals surface area (Å²) < 4.78 is 10.8. The van der Waals surface area contributed by atoms with E-state index in [1.54, 1.807) is 0 Å². The van der Waals surface area contributed by atoms with Gasteiger partial charge in [0.15, 0.2) is 11.5 Å². The smallest absolute Gasteiger partial charge is 0.306 e. The molecular weight excluding hydrogens is 432 g/mol. The second kappa shape index (κ2) is 8.70. The van der Waals surface area contributed by atoms with Gasteiger partial charge in [0.25, 0.3) is 0 Å². The number of ether oxygens (including phenoxy) is 2. The van der Waals surface area contributed by atoms with E-state index in [9.17, 15) is 9.90 Å². The van der Waals surface area contributed by atoms with Crippen LogP contribution in [0.15, 0.2) is 36.4 Å². The van der Waals surface area contributed by atoms with Crippen molar-refractivity contribution in [1.82, 2.24) is 9.97 Å². The highest BCUT2D eigenvalue weighted by atomic mass is 35.5. The van der Waals surface area contributed by atoms with Gasteiger partial charge in [0, 0.05) is 30.0 Å². The van der Waals surface area contributed by atoms with Crippen molar-refractivity contribution in [1.29, 1.82) is 0 Å². The molecule has 0 atom stereocenters. The summed E-state index contributed by atoms with van der Waals surface area (Å²) >= 11 is 6.23. The molecule has 2 aromatic carbocycles. The Kier molecular flexibility index (Phi) is 5.61. The Morgan fingerprint density at radius 3 is 2.75 bits per heavy atom. The molecule has 8 nitrogen and oxygen atoms in total. The Hall–Kier alpha value is -3.26. The number of benzene rings is 2. The Morgan fingerprint density at radius 2 is 1.94 bits per heavy atom. The van der Waals surface area contributed by atoms with E-state index in [0.29, 0.717) is 49.3 Å². The predicted molar refractivity (Wildman–Crippen MR) is 122 cm³/mol. The summed E-state index contributed by atoms with van der Waals surface area (Å²) in [6, 6.07) is 11.5. The van der Waals surface area contributed by atoms with E-state index in [-0.39, 0.29) is 12.7 Å². The van der Waals surface area contributed by atoms with Crippen LogP contribution >= 0.6 is 11.6 Å². The number of halogens is 1. The standard InChI is InChI=1S/C23H23ClN4O4/c24-16-2-3-18-17(12-16)21(25-8-5-14-1-4-19-20(11-14)32-13-31-19)27-23(26-18)28-9-6-15(7-10-28)22(29)30/h1-4,11-12,15H,5-10,13H2,(H,29,30)(H,25,26,27). The van der Waals surface area contributed by atoms with Gasteiger partial charge >= 0.3 is 5.97 Å². The Morgan fingerprint density at radius 1 is 1.12 bits per heavy atom. The van der Waals surface area contributed by atoms with Crippen molar-refractivity contribution in [2.75, 3.05) is 36.6 Å². The molecule has 9 heteroatoms. The van der Waals surface area contributed by atoms with Crippen LogP contribution in [0.25, 0.3) is 10.9 Å². The number of hydrogen-bond donors (Lipinski definition) is 2. The number of aromatic nitrogens is 2. The summed E-state index contributed by atoms with van der Waals surface area (Å²) in [6.07, 6.45) is 1.95. The fraction of sp³-hybridized carbons (Fsp3) is 0.348. The number of carbonyl (C=O) groups is 1. The molecule has 2 aliphatic rings. The van der Waals surface area contributed by atoms with Crippen LogP contribution in [0.3, 0.4) is 0 Å². The molecule has 0 spiro atoms. The molecule has 3 heterocycles. The van der Waals surface area contributed by atoms with Crippen molar-refractivity contribution in [3.05, 3.63) is 47.0 Å². The molecule has 0 amide bonds. The summed E-state index contributed by atoms with van der Waals surface area (Å²) in [6.45, 7) is 2.16. The van der Waals surface area contributed by atoms with Gasteiger partial charge in [-0.05, 0) is 55.2 Å². The van der Waals surface area contributed by atoms with Crippen molar-refractivity contribution < 1.29 is 19.4 Å². The van der Waals surface area contributed by atoms with Gasteiger partial charge < -0.3 is 24.8 Å². The number of rotatable bonds is 6. The first-order valence-corrected chi connectivity index (χ1v) is 11.0. The molecule has 166 valence electrons. The maximum atomic E-state index is 11.3. The average Bonchev–Trinajstić information content (AvgIpc) is 3.27. The first-order valence-electron chi connectivity index (χ1n) is 10.6. The lowest BCUT2D eigenvalue weighted by molar-refractivity contribution is -0.142. The molecule has 0 aliphatic carbocycles. The summed E-state index contributed by atoms with van der Waals surface area (Å²) in [5.74, 6) is 1.83. The molecule has 5 rings (SSSR count). The molecular formula is C23H23ClN4O4. The van der Waals surface area contributed by atoms with E-state index in [2.05, 4.69) is 10.2 Å². The third-order valence-electron chi connectivity index (χ3n) is 5.92. The topological polar surface area (TPSA) is 96.8 Å². The van der Waals surface area contributed by atoms with Crippen LogP contribution in [0.1, 0.15) is 18.4 Å². The highest BCUT2D eigenvalue weighted by molar-refractivity contribution is 6.31. The zero-order valence-electron chi connectivity index (χ0n) is 17.4. The zero-order chi connectivity index (χ0) is 22.1. The summed E-state index contributed by atoms with van der Waals surface area (Å²) in [5.41, 5.74) is 1.93. The van der Waals surface area contributed by atoms with Crippen molar-refractivity contribution in [3.63, 3.8) is 0 Å². The minimum Gasteiger partial charge on any atom is -0.481 e. The van der Waals surface area contributed by atoms with Gasteiger partial charge in [-0.15, -0.1) is 0 Å². The summed E-state index contributed by atoms with van der Waals surface area (Å²) in [5, 5.41) is 14.2. The third kappa shape index (κ3) is 4.23. The van der Waals surface area contributed by atoms with Crippen LogP contribution in [0, 0.1) is 5.92 Å². The van der Waals surface area contributed by atoms with E-state index in [4.69, 9.17) is 31.0 Å². The van der Waals surface area contributed by atoms with Crippen LogP contribution < -0.4 is 19.7 Å². The maximum Gasteiger partial charge on any atom is 0.306 e. The average molecular weight is 455 g/mol. The van der Waals surface area contributed by atoms with E-state index in [1.165, 1.54) is 0 Å². The number of carboxylic acid groups (broad SMARTS) is 1. The molecule has 2 aliphatic heterocycles. The number of aliphatic carboxylic acids is 1. The molecule has 0 radical (unpaired) electrons. The van der Waals surface area contributed by atoms with Crippen molar-refractivity contribution >= 4 is 40.2 Å². The fourth-order valence-corrected chi connectivity index (χ4v) is 4.28. The van der Waals surface area contributed by atoms with E-state index in [0.717, 1.165) is 34.4 Å². The van der Waals surface area contributed by atoms with E-state index < -0.39 is 5.97 Å². The van der Waals surface area contributed by atoms with Gasteiger partial charge in [-0.2, -0.15) is 4.98 Å². The molecule has 2 N–H and O–H groups in total. The van der Waals surface area contributed by atoms with Gasteiger partial charge in [0.2, 0.25) is 12.7 Å². The first-order chi connectivity index (χ1) is 15.6. The molecule has 0 saturated carbocycles. The number of hydrogen-bond acceptors (Lipinski definition) is 7. The minimum absolute atomic E-state index is 0.261. The van der Waals surface area contributed by atoms with Crippen LogP contribution in [-0.4, -0.2) is 47.5 Å². The van der Waals surface area contributed by atoms with Crippen molar-refractivity contribution in [2.24, 2.45) is 5.92 Å². The number of anilines is 2. The minimum atomic E-state index is -0.732. The highest BCUT2D eigenvalue weighted by Crippen LogP contribution is 2.33. The lowest BCUT2D eigenvalue weighted by Gasteiger charge is -2.30. The fourth-order valence-electron chi connectivity index (χ4n) is 4.11. The quantitative estimate of drug-likeness (QED) is 0.577. The van der Waals surface area contributed by atoms with Gasteiger partial charge in [-0.25, -0.2) is 4.98 Å². The number of fused-ring (bicyclic) bond motifs is 2. The molecule has 1 fully saturated rings. The normalized spacial score (nSPS) is 15.8. The molecule has 1 aromatic heterocycles. The molecule has 32 heavy (non-hydrogen) atoms. The van der Waals surface area contributed by atoms with Gasteiger partial charge in [-0.1, -0.05) is 17.7 Å². The summed E-state index contributed by atoms with van der Waals surface area (Å²) in [4.78, 5) is 22.8. The van der Waals surface area contributed by atoms with Crippen LogP contribution in [0.5, 0.6) is 11.5 Å². The first kappa shape index (κ1) is 20.6. The molecule has 3 aromatic rings. The number of nitrogens with one attached hydrogen (secondary N) is 1. The van der Waals surface area contributed by atoms with Crippen LogP contribution in [0.4, 0.5) is 11.8 Å². The van der Waals surface area contributed by atoms with Crippen LogP contribution in [-0.2, 0) is 11.2 Å². The van der Waals surface area contributed by atoms with Gasteiger partial charge in [-0.3, -0.25) is 4.79 Å². The zero-order valence-corrected chi connectivity index (χ0v) is 18.1. The summed E-state index contributed by atoms with van der Waals surface area (Å²) in [7, 11) is 0. The second-order valence-electron chi connectivity index (χ2n) is 8.00. The largest absolute Gasteiger partial charge is 0.481 e. The maximum absolute atomic E-state index is 11.3. The Bertz CT molecular complexity index is 1160. The Labute approximate surface area is 190 Å². The monoisotopic (exact) mass is 454 g/mol. The van der Waals surface area contributed by atoms with Crippen LogP contribution in [0.2, 0.25) is 5.02 Å². The predicted octanol–water partition coefficient (Wildman–Crippen LogP) is 3.97. The van der Waals surface area contributed by atoms with E-state index in [1.807, 2.05) is 36.4 Å². The number of nitrogens with zero attached hydrogens (tertiary/aromatic N) is 3. The SMILES string of the molecule is O=C(O)C1CCN(c2nc(NCCc3ccc4c(c3)OCO4)c3cc(Cl)ccc3n2)CC1. The number of piperidine rings is 1. The lowest BCUT2D eigenvalue weighted by Crippen LogP contribution is -2.37. The number of carboxylic acids is 1. The molecule has 0 bridgehead atoms. The molecule has 1 saturated heterocycles. The van der Waals surface area contributed by atoms with E-state index >= 15 is 0 Å².